The Labute approximate surface area is 159 Å². The van der Waals surface area contributed by atoms with Gasteiger partial charge >= 0.3 is 12.0 Å². The maximum absolute atomic E-state index is 14.4. The van der Waals surface area contributed by atoms with Gasteiger partial charge in [0.15, 0.2) is 0 Å². The molecule has 2 amide bonds. The summed E-state index contributed by atoms with van der Waals surface area (Å²) in [5.41, 5.74) is -0.471. The van der Waals surface area contributed by atoms with Gasteiger partial charge in [0.2, 0.25) is 0 Å². The lowest BCUT2D eigenvalue weighted by Gasteiger charge is -2.48. The molecule has 0 bridgehead atoms. The van der Waals surface area contributed by atoms with E-state index in [0.29, 0.717) is 11.3 Å². The number of halogens is 2. The smallest absolute Gasteiger partial charge is 0.338 e. The lowest BCUT2D eigenvalue weighted by Crippen LogP contribution is -2.65. The Bertz CT molecular complexity index is 871. The molecule has 2 aliphatic rings. The van der Waals surface area contributed by atoms with Crippen molar-refractivity contribution in [2.75, 3.05) is 24.5 Å². The fourth-order valence-corrected chi connectivity index (χ4v) is 3.65. The third-order valence-electron chi connectivity index (χ3n) is 5.12. The van der Waals surface area contributed by atoms with Crippen LogP contribution in [0.5, 0.6) is 0 Å². The number of alkyl halides is 2. The highest BCUT2D eigenvalue weighted by Gasteiger charge is 2.57. The molecule has 28 heavy (non-hydrogen) atoms. The Balaban J connectivity index is 1.52. The van der Waals surface area contributed by atoms with Gasteiger partial charge in [0, 0.05) is 31.2 Å². The highest BCUT2D eigenvalue weighted by Crippen LogP contribution is 2.40. The molecule has 0 atom stereocenters. The molecule has 0 radical (unpaired) electrons. The normalized spacial score (nSPS) is 21.0. The predicted molar refractivity (Wildman–Crippen MR) is 94.7 cm³/mol. The number of ether oxygens (including phenoxy) is 1. The van der Waals surface area contributed by atoms with Crippen LogP contribution in [-0.2, 0) is 9.53 Å². The summed E-state index contributed by atoms with van der Waals surface area (Å²) >= 11 is 0. The van der Waals surface area contributed by atoms with Gasteiger partial charge in [-0.05, 0) is 25.0 Å². The zero-order valence-electron chi connectivity index (χ0n) is 14.9. The second kappa shape index (κ2) is 6.90. The first-order valence-corrected chi connectivity index (χ1v) is 8.90. The largest absolute Gasteiger partial charge is 0.437 e. The number of carbonyl (C=O) groups is 2. The predicted octanol–water partition coefficient (Wildman–Crippen LogP) is 2.11. The number of anilines is 1. The number of hydrogen-bond donors (Lipinski definition) is 0. The monoisotopic (exact) mass is 388 g/mol. The fraction of sp³-hybridized carbons (Fsp3) is 0.368. The quantitative estimate of drug-likeness (QED) is 0.788. The first-order valence-electron chi connectivity index (χ1n) is 8.90. The molecule has 2 fully saturated rings. The minimum atomic E-state index is -3.91. The van der Waals surface area contributed by atoms with Gasteiger partial charge in [-0.1, -0.05) is 18.2 Å². The minimum Gasteiger partial charge on any atom is -0.338 e. The number of rotatable bonds is 2. The van der Waals surface area contributed by atoms with E-state index in [1.807, 2.05) is 0 Å². The molecule has 3 heterocycles. The van der Waals surface area contributed by atoms with Crippen molar-refractivity contribution in [1.29, 1.82) is 0 Å². The number of carbonyl (C=O) groups excluding carboxylic acids is 2. The van der Waals surface area contributed by atoms with Crippen molar-refractivity contribution in [1.82, 2.24) is 14.9 Å². The summed E-state index contributed by atoms with van der Waals surface area (Å²) in [7, 11) is 0. The van der Waals surface area contributed by atoms with Crippen LogP contribution in [0.1, 0.15) is 23.2 Å². The summed E-state index contributed by atoms with van der Waals surface area (Å²) in [6, 6.07) is 8.35. The lowest BCUT2D eigenvalue weighted by atomic mass is 9.88. The van der Waals surface area contributed by atoms with Gasteiger partial charge in [-0.3, -0.25) is 9.59 Å². The Morgan fingerprint density at radius 1 is 1.07 bits per heavy atom. The van der Waals surface area contributed by atoms with Crippen molar-refractivity contribution in [2.45, 2.75) is 24.6 Å². The van der Waals surface area contributed by atoms with Gasteiger partial charge in [-0.25, -0.2) is 9.97 Å². The Hall–Kier alpha value is -2.94. The molecule has 0 saturated carbocycles. The average molecular weight is 388 g/mol. The van der Waals surface area contributed by atoms with E-state index in [9.17, 15) is 18.4 Å². The van der Waals surface area contributed by atoms with E-state index in [4.69, 9.17) is 4.74 Å². The van der Waals surface area contributed by atoms with E-state index in [2.05, 4.69) is 9.97 Å². The van der Waals surface area contributed by atoms with E-state index in [1.54, 1.807) is 35.2 Å². The average Bonchev–Trinajstić information content (AvgIpc) is 2.72. The zero-order chi connectivity index (χ0) is 19.8. The molecule has 146 valence electrons. The first kappa shape index (κ1) is 18.4. The highest BCUT2D eigenvalue weighted by molar-refractivity contribution is 5.98. The number of hydrogen-bond acceptors (Lipinski definition) is 5. The van der Waals surface area contributed by atoms with Crippen molar-refractivity contribution in [3.8, 4) is 0 Å². The van der Waals surface area contributed by atoms with E-state index in [0.717, 1.165) is 4.90 Å². The molecule has 1 spiro atoms. The maximum Gasteiger partial charge on any atom is 0.437 e. The van der Waals surface area contributed by atoms with Crippen LogP contribution in [0.3, 0.4) is 0 Å². The van der Waals surface area contributed by atoms with Gasteiger partial charge in [0.1, 0.15) is 6.33 Å². The Morgan fingerprint density at radius 2 is 1.71 bits per heavy atom. The molecule has 2 saturated heterocycles. The Morgan fingerprint density at radius 3 is 2.36 bits per heavy atom. The molecule has 0 unspecified atom stereocenters. The topological polar surface area (TPSA) is 75.6 Å². The van der Waals surface area contributed by atoms with E-state index in [1.165, 1.54) is 18.7 Å². The molecule has 0 aliphatic carbocycles. The summed E-state index contributed by atoms with van der Waals surface area (Å²) in [6.45, 7) is 0.489. The summed E-state index contributed by atoms with van der Waals surface area (Å²) < 4.78 is 33.8. The summed E-state index contributed by atoms with van der Waals surface area (Å²) in [5.74, 6) is -1.63. The molecule has 1 aromatic heterocycles. The molecule has 2 aromatic rings. The molecular formula is C19H18F2N4O3. The van der Waals surface area contributed by atoms with Crippen molar-refractivity contribution >= 4 is 17.5 Å². The number of para-hydroxylation sites is 1. The molecule has 0 N–H and O–H groups in total. The SMILES string of the molecule is O=C(c1cncnc1)N1CCC2(CC1)CN(c1ccccc1)C(=O)C(F)(F)O2. The standard InChI is InChI=1S/C19H18F2N4O3/c20-19(21)17(27)25(15-4-2-1-3-5-15)12-18(28-19)6-8-24(9-7-18)16(26)14-10-22-13-23-11-14/h1-5,10-11,13H,6-9,12H2. The number of morpholine rings is 1. The van der Waals surface area contributed by atoms with Gasteiger partial charge in [-0.15, -0.1) is 0 Å². The summed E-state index contributed by atoms with van der Waals surface area (Å²) in [5, 5.41) is 0. The molecular weight excluding hydrogens is 370 g/mol. The third kappa shape index (κ3) is 3.33. The molecule has 2 aliphatic heterocycles. The first-order chi connectivity index (χ1) is 13.4. The number of benzene rings is 1. The number of piperidine rings is 1. The second-order valence-corrected chi connectivity index (χ2v) is 6.95. The summed E-state index contributed by atoms with van der Waals surface area (Å²) in [4.78, 5) is 35.0. The van der Waals surface area contributed by atoms with Crippen molar-refractivity contribution < 1.29 is 23.1 Å². The van der Waals surface area contributed by atoms with Crippen LogP contribution >= 0.6 is 0 Å². The number of amides is 2. The molecule has 9 heteroatoms. The molecule has 7 nitrogen and oxygen atoms in total. The van der Waals surface area contributed by atoms with Crippen LogP contribution in [0.4, 0.5) is 14.5 Å². The second-order valence-electron chi connectivity index (χ2n) is 6.95. The minimum absolute atomic E-state index is 0.0158. The number of nitrogens with zero attached hydrogens (tertiary/aromatic N) is 4. The fourth-order valence-electron chi connectivity index (χ4n) is 3.65. The van der Waals surface area contributed by atoms with Gasteiger partial charge in [0.05, 0.1) is 17.7 Å². The molecule has 4 rings (SSSR count). The summed E-state index contributed by atoms with van der Waals surface area (Å²) in [6.07, 6.45) is 0.640. The zero-order valence-corrected chi connectivity index (χ0v) is 14.9. The van der Waals surface area contributed by atoms with E-state index in [-0.39, 0.29) is 38.4 Å². The maximum atomic E-state index is 14.4. The van der Waals surface area contributed by atoms with Crippen molar-refractivity contribution in [3.05, 3.63) is 54.6 Å². The van der Waals surface area contributed by atoms with Crippen LogP contribution in [0, 0.1) is 0 Å². The van der Waals surface area contributed by atoms with E-state index < -0.39 is 17.6 Å². The van der Waals surface area contributed by atoms with E-state index >= 15 is 0 Å². The Kier molecular flexibility index (Phi) is 4.54. The van der Waals surface area contributed by atoms with Gasteiger partial charge in [0.25, 0.3) is 5.91 Å². The van der Waals surface area contributed by atoms with Gasteiger partial charge in [-0.2, -0.15) is 8.78 Å². The number of aromatic nitrogens is 2. The lowest BCUT2D eigenvalue weighted by molar-refractivity contribution is -0.292. The van der Waals surface area contributed by atoms with Crippen LogP contribution in [0.25, 0.3) is 0 Å². The van der Waals surface area contributed by atoms with Gasteiger partial charge < -0.3 is 14.5 Å². The van der Waals surface area contributed by atoms with Crippen molar-refractivity contribution in [3.63, 3.8) is 0 Å². The number of likely N-dealkylation sites (tertiary alicyclic amines) is 1. The van der Waals surface area contributed by atoms with Crippen molar-refractivity contribution in [2.24, 2.45) is 0 Å². The van der Waals surface area contributed by atoms with Crippen LogP contribution < -0.4 is 4.90 Å². The van der Waals surface area contributed by atoms with Crippen LogP contribution in [0.15, 0.2) is 49.1 Å². The highest BCUT2D eigenvalue weighted by atomic mass is 19.3. The third-order valence-corrected chi connectivity index (χ3v) is 5.12. The molecule has 1 aromatic carbocycles. The van der Waals surface area contributed by atoms with Crippen LogP contribution in [-0.4, -0.2) is 58.0 Å². The van der Waals surface area contributed by atoms with Crippen LogP contribution in [0.2, 0.25) is 0 Å².